The fourth-order valence-electron chi connectivity index (χ4n) is 1.66. The maximum atomic E-state index is 5.92. The molecule has 92 valence electrons. The number of halogens is 1. The SMILES string of the molecule is CSCCCNCc1cn2cc(Cl)ccc2n1. The molecule has 2 aromatic heterocycles. The van der Waals surface area contributed by atoms with E-state index in [-0.39, 0.29) is 0 Å². The average Bonchev–Trinajstić information content (AvgIpc) is 2.70. The summed E-state index contributed by atoms with van der Waals surface area (Å²) in [4.78, 5) is 4.51. The molecule has 2 heterocycles. The van der Waals surface area contributed by atoms with Crippen molar-refractivity contribution in [1.29, 1.82) is 0 Å². The molecule has 0 aliphatic rings. The van der Waals surface area contributed by atoms with Crippen LogP contribution >= 0.6 is 23.4 Å². The van der Waals surface area contributed by atoms with E-state index in [0.29, 0.717) is 0 Å². The largest absolute Gasteiger partial charge is 0.311 e. The van der Waals surface area contributed by atoms with E-state index in [4.69, 9.17) is 11.6 Å². The van der Waals surface area contributed by atoms with E-state index in [9.17, 15) is 0 Å². The van der Waals surface area contributed by atoms with Crippen molar-refractivity contribution >= 4 is 29.0 Å². The van der Waals surface area contributed by atoms with Gasteiger partial charge in [0.25, 0.3) is 0 Å². The standard InChI is InChI=1S/C12H16ClN3S/c1-17-6-2-5-14-7-11-9-16-8-10(13)3-4-12(16)15-11/h3-4,8-9,14H,2,5-7H2,1H3. The molecule has 5 heteroatoms. The second-order valence-electron chi connectivity index (χ2n) is 3.87. The maximum Gasteiger partial charge on any atom is 0.137 e. The molecule has 0 saturated heterocycles. The normalized spacial score (nSPS) is 11.2. The average molecular weight is 270 g/mol. The van der Waals surface area contributed by atoms with Crippen LogP contribution in [-0.2, 0) is 6.54 Å². The minimum Gasteiger partial charge on any atom is -0.311 e. The molecule has 0 radical (unpaired) electrons. The van der Waals surface area contributed by atoms with Crippen LogP contribution in [0.15, 0.2) is 24.5 Å². The molecule has 0 bridgehead atoms. The highest BCUT2D eigenvalue weighted by molar-refractivity contribution is 7.98. The van der Waals surface area contributed by atoms with E-state index in [2.05, 4.69) is 16.6 Å². The third kappa shape index (κ3) is 3.63. The Balaban J connectivity index is 1.91. The number of hydrogen-bond acceptors (Lipinski definition) is 3. The Morgan fingerprint density at radius 3 is 3.12 bits per heavy atom. The van der Waals surface area contributed by atoms with E-state index >= 15 is 0 Å². The van der Waals surface area contributed by atoms with Gasteiger partial charge in [-0.2, -0.15) is 11.8 Å². The molecular formula is C12H16ClN3S. The van der Waals surface area contributed by atoms with Crippen LogP contribution in [0.5, 0.6) is 0 Å². The Hall–Kier alpha value is -0.710. The molecule has 3 nitrogen and oxygen atoms in total. The Labute approximate surface area is 111 Å². The molecule has 0 fully saturated rings. The lowest BCUT2D eigenvalue weighted by atomic mass is 10.4. The van der Waals surface area contributed by atoms with Crippen LogP contribution in [-0.4, -0.2) is 27.9 Å². The molecule has 17 heavy (non-hydrogen) atoms. The van der Waals surface area contributed by atoms with Crippen LogP contribution in [0.4, 0.5) is 0 Å². The zero-order valence-electron chi connectivity index (χ0n) is 9.82. The zero-order valence-corrected chi connectivity index (χ0v) is 11.4. The van der Waals surface area contributed by atoms with Gasteiger partial charge in [-0.15, -0.1) is 0 Å². The number of aromatic nitrogens is 2. The van der Waals surface area contributed by atoms with E-state index in [1.54, 1.807) is 0 Å². The van der Waals surface area contributed by atoms with Gasteiger partial charge >= 0.3 is 0 Å². The van der Waals surface area contributed by atoms with Gasteiger partial charge in [-0.25, -0.2) is 4.98 Å². The molecule has 0 aliphatic heterocycles. The lowest BCUT2D eigenvalue weighted by molar-refractivity contribution is 0.670. The highest BCUT2D eigenvalue weighted by atomic mass is 35.5. The van der Waals surface area contributed by atoms with Crippen molar-refractivity contribution in [2.24, 2.45) is 0 Å². The number of nitrogens with zero attached hydrogens (tertiary/aromatic N) is 2. The number of rotatable bonds is 6. The molecule has 0 atom stereocenters. The van der Waals surface area contributed by atoms with Crippen LogP contribution < -0.4 is 5.32 Å². The van der Waals surface area contributed by atoms with Crippen molar-refractivity contribution in [2.75, 3.05) is 18.6 Å². The molecular weight excluding hydrogens is 254 g/mol. The number of hydrogen-bond donors (Lipinski definition) is 1. The monoisotopic (exact) mass is 269 g/mol. The third-order valence-corrected chi connectivity index (χ3v) is 3.39. The lowest BCUT2D eigenvalue weighted by Crippen LogP contribution is -2.15. The van der Waals surface area contributed by atoms with Crippen molar-refractivity contribution in [3.05, 3.63) is 35.2 Å². The van der Waals surface area contributed by atoms with Gasteiger partial charge in [0.2, 0.25) is 0 Å². The molecule has 0 saturated carbocycles. The smallest absolute Gasteiger partial charge is 0.137 e. The Bertz CT molecular complexity index is 484. The van der Waals surface area contributed by atoms with Crippen LogP contribution in [0.2, 0.25) is 5.02 Å². The van der Waals surface area contributed by atoms with Gasteiger partial charge in [-0.3, -0.25) is 0 Å². The summed E-state index contributed by atoms with van der Waals surface area (Å²) in [7, 11) is 0. The first-order valence-electron chi connectivity index (χ1n) is 5.62. The first-order valence-corrected chi connectivity index (χ1v) is 7.39. The van der Waals surface area contributed by atoms with Crippen molar-refractivity contribution in [3.63, 3.8) is 0 Å². The predicted octanol–water partition coefficient (Wildman–Crippen LogP) is 2.83. The molecule has 2 aromatic rings. The van der Waals surface area contributed by atoms with Crippen molar-refractivity contribution in [3.8, 4) is 0 Å². The van der Waals surface area contributed by atoms with Crippen molar-refractivity contribution in [2.45, 2.75) is 13.0 Å². The fourth-order valence-corrected chi connectivity index (χ4v) is 2.26. The number of pyridine rings is 1. The zero-order chi connectivity index (χ0) is 12.1. The minimum absolute atomic E-state index is 0.731. The Morgan fingerprint density at radius 2 is 2.29 bits per heavy atom. The van der Waals surface area contributed by atoms with Crippen LogP contribution in [0, 0.1) is 0 Å². The number of imidazole rings is 1. The first kappa shape index (κ1) is 12.7. The van der Waals surface area contributed by atoms with E-state index < -0.39 is 0 Å². The maximum absolute atomic E-state index is 5.92. The summed E-state index contributed by atoms with van der Waals surface area (Å²) in [6.45, 7) is 1.85. The molecule has 1 N–H and O–H groups in total. The summed E-state index contributed by atoms with van der Waals surface area (Å²) in [6.07, 6.45) is 7.22. The molecule has 0 aromatic carbocycles. The van der Waals surface area contributed by atoms with E-state index in [1.165, 1.54) is 12.2 Å². The molecule has 2 rings (SSSR count). The minimum atomic E-state index is 0.731. The van der Waals surface area contributed by atoms with Gasteiger partial charge in [0, 0.05) is 18.9 Å². The van der Waals surface area contributed by atoms with Crippen LogP contribution in [0.3, 0.4) is 0 Å². The van der Waals surface area contributed by atoms with Gasteiger partial charge in [-0.05, 0) is 37.1 Å². The summed E-state index contributed by atoms with van der Waals surface area (Å²) < 4.78 is 1.96. The predicted molar refractivity (Wildman–Crippen MR) is 74.9 cm³/mol. The summed E-state index contributed by atoms with van der Waals surface area (Å²) in [6, 6.07) is 3.79. The quantitative estimate of drug-likeness (QED) is 0.818. The summed E-state index contributed by atoms with van der Waals surface area (Å²) >= 11 is 7.80. The van der Waals surface area contributed by atoms with Crippen LogP contribution in [0.25, 0.3) is 5.65 Å². The summed E-state index contributed by atoms with van der Waals surface area (Å²) in [5.74, 6) is 1.20. The van der Waals surface area contributed by atoms with Crippen molar-refractivity contribution in [1.82, 2.24) is 14.7 Å². The van der Waals surface area contributed by atoms with Gasteiger partial charge in [0.1, 0.15) is 5.65 Å². The van der Waals surface area contributed by atoms with E-state index in [1.807, 2.05) is 40.7 Å². The second-order valence-corrected chi connectivity index (χ2v) is 5.29. The van der Waals surface area contributed by atoms with Gasteiger partial charge in [-0.1, -0.05) is 11.6 Å². The number of fused-ring (bicyclic) bond motifs is 1. The lowest BCUT2D eigenvalue weighted by Gasteiger charge is -2.00. The Morgan fingerprint density at radius 1 is 1.41 bits per heavy atom. The van der Waals surface area contributed by atoms with Crippen LogP contribution in [0.1, 0.15) is 12.1 Å². The van der Waals surface area contributed by atoms with Gasteiger partial charge in [0.05, 0.1) is 10.7 Å². The summed E-state index contributed by atoms with van der Waals surface area (Å²) in [5.41, 5.74) is 1.99. The van der Waals surface area contributed by atoms with Gasteiger partial charge in [0.15, 0.2) is 0 Å². The first-order chi connectivity index (χ1) is 8.29. The van der Waals surface area contributed by atoms with Crippen molar-refractivity contribution < 1.29 is 0 Å². The Kier molecular flexibility index (Phi) is 4.71. The number of thioether (sulfide) groups is 1. The topological polar surface area (TPSA) is 29.3 Å². The molecule has 0 unspecified atom stereocenters. The third-order valence-electron chi connectivity index (χ3n) is 2.47. The highest BCUT2D eigenvalue weighted by Crippen LogP contribution is 2.11. The van der Waals surface area contributed by atoms with Gasteiger partial charge < -0.3 is 9.72 Å². The highest BCUT2D eigenvalue weighted by Gasteiger charge is 2.01. The summed E-state index contributed by atoms with van der Waals surface area (Å²) in [5, 5.41) is 4.12. The molecule has 0 amide bonds. The molecule has 0 spiro atoms. The van der Waals surface area contributed by atoms with E-state index in [0.717, 1.165) is 29.5 Å². The fraction of sp³-hybridized carbons (Fsp3) is 0.417. The molecule has 0 aliphatic carbocycles. The second kappa shape index (κ2) is 6.28. The number of nitrogens with one attached hydrogen (secondary N) is 1.